The largest absolute Gasteiger partial charge is 0.380 e. The fourth-order valence-corrected chi connectivity index (χ4v) is 16.4. The number of piperidine rings is 1. The fourth-order valence-electron chi connectivity index (χ4n) is 14.5. The highest BCUT2D eigenvalue weighted by atomic mass is 32.2. The van der Waals surface area contributed by atoms with Gasteiger partial charge in [0, 0.05) is 79.5 Å². The lowest BCUT2D eigenvalue weighted by molar-refractivity contribution is -0.239. The molecule has 3 saturated carbocycles. The maximum absolute atomic E-state index is 13.8. The van der Waals surface area contributed by atoms with Gasteiger partial charge in [-0.2, -0.15) is 5.26 Å². The third kappa shape index (κ3) is 8.17. The Morgan fingerprint density at radius 2 is 1.59 bits per heavy atom. The van der Waals surface area contributed by atoms with E-state index in [1.807, 2.05) is 0 Å². The van der Waals surface area contributed by atoms with E-state index < -0.39 is 0 Å². The van der Waals surface area contributed by atoms with Crippen LogP contribution in [-0.4, -0.2) is 138 Å². The first-order chi connectivity index (χ1) is 29.1. The number of hydrogen-bond donors (Lipinski definition) is 5. The van der Waals surface area contributed by atoms with Gasteiger partial charge in [0.1, 0.15) is 6.29 Å². The predicted molar refractivity (Wildman–Crippen MR) is 242 cm³/mol. The quantitative estimate of drug-likeness (QED) is 0.231. The summed E-state index contributed by atoms with van der Waals surface area (Å²) in [6.07, 6.45) is 12.2. The van der Waals surface area contributed by atoms with Gasteiger partial charge in [-0.1, -0.05) is 41.5 Å². The predicted octanol–water partition coefficient (Wildman–Crippen LogP) is 4.71. The molecule has 61 heavy (non-hydrogen) atoms. The molecule has 0 bridgehead atoms. The van der Waals surface area contributed by atoms with Crippen LogP contribution in [0.1, 0.15) is 120 Å². The highest BCUT2D eigenvalue weighted by Crippen LogP contribution is 2.57. The van der Waals surface area contributed by atoms with Crippen molar-refractivity contribution >= 4 is 23.4 Å². The molecular formula is C47H80N10O3S. The van der Waals surface area contributed by atoms with Crippen molar-refractivity contribution in [3.63, 3.8) is 0 Å². The summed E-state index contributed by atoms with van der Waals surface area (Å²) in [4.78, 5) is 27.6. The SMILES string of the molecule is COC1CC(OC2C(C)(C)C(NC(=O)C3CNC(N4CCC5(CCN(C6CCC(C7=N[C@@H](C)C8NNC(C)N8C8SC(C)C(C)C78)CC6)CC5)C4)NC3)C2(C)C)CCC1C#N. The lowest BCUT2D eigenvalue weighted by Crippen LogP contribution is -2.75. The first-order valence-corrected chi connectivity index (χ1v) is 25.4. The van der Waals surface area contributed by atoms with Gasteiger partial charge in [0.05, 0.1) is 60.0 Å². The molecule has 5 saturated heterocycles. The molecule has 9 rings (SSSR count). The van der Waals surface area contributed by atoms with Crippen molar-refractivity contribution in [2.45, 2.75) is 185 Å². The van der Waals surface area contributed by atoms with Gasteiger partial charge in [-0.25, -0.2) is 10.9 Å². The average Bonchev–Trinajstić information content (AvgIpc) is 3.92. The molecular weight excluding hydrogens is 785 g/mol. The number of hydrogen-bond acceptors (Lipinski definition) is 13. The summed E-state index contributed by atoms with van der Waals surface area (Å²) in [6, 6.07) is 3.41. The highest BCUT2D eigenvalue weighted by molar-refractivity contribution is 8.00. The maximum Gasteiger partial charge on any atom is 0.225 e. The summed E-state index contributed by atoms with van der Waals surface area (Å²) in [5.41, 5.74) is 8.69. The van der Waals surface area contributed by atoms with Crippen LogP contribution >= 0.6 is 11.8 Å². The topological polar surface area (TPSA) is 142 Å². The van der Waals surface area contributed by atoms with Crippen LogP contribution in [-0.2, 0) is 14.3 Å². The Morgan fingerprint density at radius 1 is 0.918 bits per heavy atom. The Labute approximate surface area is 371 Å². The van der Waals surface area contributed by atoms with Gasteiger partial charge in [0.25, 0.3) is 0 Å². The zero-order valence-electron chi connectivity index (χ0n) is 38.9. The van der Waals surface area contributed by atoms with Crippen molar-refractivity contribution in [2.75, 3.05) is 46.4 Å². The van der Waals surface area contributed by atoms with Crippen LogP contribution in [0.4, 0.5) is 0 Å². The van der Waals surface area contributed by atoms with Gasteiger partial charge < -0.3 is 19.7 Å². The van der Waals surface area contributed by atoms with E-state index in [1.165, 1.54) is 58.0 Å². The number of carbonyl (C=O) groups is 1. The highest BCUT2D eigenvalue weighted by Gasteiger charge is 2.64. The Morgan fingerprint density at radius 3 is 2.25 bits per heavy atom. The lowest BCUT2D eigenvalue weighted by Gasteiger charge is -2.64. The first-order valence-electron chi connectivity index (χ1n) is 24.5. The monoisotopic (exact) mass is 865 g/mol. The smallest absolute Gasteiger partial charge is 0.225 e. The number of ether oxygens (including phenoxy) is 2. The van der Waals surface area contributed by atoms with Crippen LogP contribution in [0.25, 0.3) is 0 Å². The Balaban J connectivity index is 0.717. The molecule has 8 fully saturated rings. The van der Waals surface area contributed by atoms with E-state index in [2.05, 4.69) is 115 Å². The molecule has 13 nitrogen and oxygen atoms in total. The van der Waals surface area contributed by atoms with Crippen LogP contribution in [0, 0.1) is 57.2 Å². The van der Waals surface area contributed by atoms with Gasteiger partial charge in [-0.15, -0.1) is 11.8 Å². The molecule has 14 heteroatoms. The third-order valence-electron chi connectivity index (χ3n) is 18.1. The summed E-state index contributed by atoms with van der Waals surface area (Å²) < 4.78 is 12.4. The van der Waals surface area contributed by atoms with Crippen molar-refractivity contribution in [3.8, 4) is 6.07 Å². The number of carbonyl (C=O) groups excluding carboxylic acids is 1. The van der Waals surface area contributed by atoms with Crippen molar-refractivity contribution in [1.82, 2.24) is 41.5 Å². The fraction of sp³-hybridized carbons (Fsp3) is 0.936. The van der Waals surface area contributed by atoms with Gasteiger partial charge in [0.15, 0.2) is 0 Å². The van der Waals surface area contributed by atoms with E-state index in [0.717, 1.165) is 32.4 Å². The minimum Gasteiger partial charge on any atom is -0.380 e. The van der Waals surface area contributed by atoms with Gasteiger partial charge in [-0.3, -0.25) is 30.2 Å². The number of nitrogens with one attached hydrogen (secondary N) is 5. The first kappa shape index (κ1) is 44.8. The summed E-state index contributed by atoms with van der Waals surface area (Å²) >= 11 is 2.19. The maximum atomic E-state index is 13.8. The normalized spacial score (nSPS) is 46.2. The number of rotatable bonds is 8. The number of amides is 1. The van der Waals surface area contributed by atoms with Crippen molar-refractivity contribution < 1.29 is 14.3 Å². The zero-order valence-corrected chi connectivity index (χ0v) is 39.7. The minimum atomic E-state index is -0.198. The minimum absolute atomic E-state index is 0.0178. The lowest BCUT2D eigenvalue weighted by atomic mass is 9.49. The van der Waals surface area contributed by atoms with Crippen molar-refractivity contribution in [3.05, 3.63) is 0 Å². The van der Waals surface area contributed by atoms with E-state index in [9.17, 15) is 10.1 Å². The molecule has 0 radical (unpaired) electrons. The van der Waals surface area contributed by atoms with Crippen LogP contribution in [0.3, 0.4) is 0 Å². The van der Waals surface area contributed by atoms with Crippen LogP contribution in [0.2, 0.25) is 0 Å². The van der Waals surface area contributed by atoms with Crippen LogP contribution < -0.4 is 26.8 Å². The molecule has 9 aliphatic rings. The molecule has 0 aromatic rings. The van der Waals surface area contributed by atoms with E-state index in [1.54, 1.807) is 12.8 Å². The number of methoxy groups -OCH3 is 1. The van der Waals surface area contributed by atoms with E-state index in [-0.39, 0.29) is 71.4 Å². The molecule has 0 aromatic carbocycles. The van der Waals surface area contributed by atoms with E-state index >= 15 is 0 Å². The second-order valence-corrected chi connectivity index (χ2v) is 24.0. The number of aliphatic imine (C=N–C) groups is 1. The van der Waals surface area contributed by atoms with E-state index in [4.69, 9.17) is 14.5 Å². The molecule has 0 aromatic heterocycles. The Kier molecular flexibility index (Phi) is 12.8. The van der Waals surface area contributed by atoms with Gasteiger partial charge in [0.2, 0.25) is 5.91 Å². The molecule has 3 aliphatic carbocycles. The number of thioether (sulfide) groups is 1. The van der Waals surface area contributed by atoms with Crippen molar-refractivity contribution in [1.29, 1.82) is 5.26 Å². The molecule has 5 N–H and O–H groups in total. The number of likely N-dealkylation sites (tertiary alicyclic amines) is 2. The summed E-state index contributed by atoms with van der Waals surface area (Å²) in [6.45, 7) is 24.6. The summed E-state index contributed by atoms with van der Waals surface area (Å²) in [5, 5.41) is 21.7. The number of fused-ring (bicyclic) bond motifs is 3. The van der Waals surface area contributed by atoms with Crippen LogP contribution in [0.5, 0.6) is 0 Å². The average molecular weight is 865 g/mol. The second kappa shape index (κ2) is 17.4. The zero-order chi connectivity index (χ0) is 43.0. The molecule has 1 spiro atoms. The Hall–Kier alpha value is -1.38. The second-order valence-electron chi connectivity index (χ2n) is 22.5. The van der Waals surface area contributed by atoms with Gasteiger partial charge in [-0.05, 0) is 102 Å². The number of nitrogens with zero attached hydrogens (tertiary/aromatic N) is 5. The number of nitriles is 1. The molecule has 10 atom stereocenters. The Bertz CT molecular complexity index is 1630. The molecule has 6 aliphatic heterocycles. The molecule has 9 unspecified atom stereocenters. The standard InChI is InChI=1S/C47H80N10O3S/c1-27-29(3)61-41-37(27)38(51-28(2)39-54-53-30(4)57(39)41)31-10-13-34(14-11-31)55-19-16-47(17-20-55)18-21-56(26-47)44-49-24-33(25-50-44)40(58)52-42-45(5,6)43(46(42,7)8)60-35-15-12-32(23-48)36(22-35)59-9/h27-37,39,41-44,49-50,53-54H,10-22,24-26H2,1-9H3,(H,52,58)/t27?,28-,29?,30?,31?,32?,33?,34?,35?,36?,37?,39?,41?,42?,43?,44?/m0/s1. The summed E-state index contributed by atoms with van der Waals surface area (Å²) in [7, 11) is 1.70. The molecule has 342 valence electrons. The third-order valence-corrected chi connectivity index (χ3v) is 19.8. The van der Waals surface area contributed by atoms with Gasteiger partial charge >= 0.3 is 0 Å². The molecule has 1 amide bonds. The number of hydrazine groups is 1. The summed E-state index contributed by atoms with van der Waals surface area (Å²) in [5.74, 6) is 1.79. The van der Waals surface area contributed by atoms with E-state index in [0.29, 0.717) is 59.1 Å². The molecule has 6 heterocycles. The van der Waals surface area contributed by atoms with Crippen LogP contribution in [0.15, 0.2) is 4.99 Å². The van der Waals surface area contributed by atoms with Crippen molar-refractivity contribution in [2.24, 2.45) is 50.8 Å².